The molecule has 162 valence electrons. The van der Waals surface area contributed by atoms with E-state index in [-0.39, 0.29) is 23.7 Å². The van der Waals surface area contributed by atoms with Gasteiger partial charge in [-0.3, -0.25) is 0 Å². The molecule has 0 saturated carbocycles. The largest absolute Gasteiger partial charge is 0.507 e. The van der Waals surface area contributed by atoms with Crippen molar-refractivity contribution in [2.45, 2.75) is 13.8 Å². The number of carbonyl (C=O) groups is 1. The fourth-order valence-electron chi connectivity index (χ4n) is 2.94. The Kier molecular flexibility index (Phi) is 6.91. The average molecular weight is 442 g/mol. The van der Waals surface area contributed by atoms with Crippen molar-refractivity contribution in [2.75, 3.05) is 20.8 Å². The molecule has 7 nitrogen and oxygen atoms in total. The number of carbonyl (C=O) groups excluding carboxylic acids is 1. The van der Waals surface area contributed by atoms with E-state index in [1.54, 1.807) is 13.0 Å². The summed E-state index contributed by atoms with van der Waals surface area (Å²) in [5.41, 5.74) is 1.90. The zero-order chi connectivity index (χ0) is 22.5. The highest BCUT2D eigenvalue weighted by atomic mass is 32.2. The van der Waals surface area contributed by atoms with Crippen LogP contribution in [0.25, 0.3) is 6.08 Å². The highest BCUT2D eigenvalue weighted by Crippen LogP contribution is 2.43. The lowest BCUT2D eigenvalue weighted by Gasteiger charge is -2.10. The van der Waals surface area contributed by atoms with Crippen molar-refractivity contribution < 1.29 is 29.2 Å². The van der Waals surface area contributed by atoms with Gasteiger partial charge in [-0.05, 0) is 31.6 Å². The number of thioether (sulfide) groups is 1. The molecule has 0 spiro atoms. The second-order valence-electron chi connectivity index (χ2n) is 6.52. The molecule has 0 aromatic heterocycles. The maximum atomic E-state index is 12.6. The number of ether oxygens (including phenoxy) is 3. The van der Waals surface area contributed by atoms with E-state index < -0.39 is 5.97 Å². The predicted molar refractivity (Wildman–Crippen MR) is 121 cm³/mol. The number of methoxy groups -OCH3 is 2. The van der Waals surface area contributed by atoms with Crippen molar-refractivity contribution in [1.29, 1.82) is 0 Å². The number of aliphatic imine (C=N–C) groups is 1. The van der Waals surface area contributed by atoms with E-state index in [2.05, 4.69) is 4.99 Å². The number of aromatic hydroxyl groups is 1. The zero-order valence-electron chi connectivity index (χ0n) is 17.6. The van der Waals surface area contributed by atoms with Gasteiger partial charge in [-0.15, -0.1) is 0 Å². The zero-order valence-corrected chi connectivity index (χ0v) is 18.4. The van der Waals surface area contributed by atoms with Gasteiger partial charge < -0.3 is 24.4 Å². The van der Waals surface area contributed by atoms with Crippen molar-refractivity contribution in [3.05, 3.63) is 63.8 Å². The van der Waals surface area contributed by atoms with Crippen molar-refractivity contribution >= 4 is 34.5 Å². The number of phenols is 1. The lowest BCUT2D eigenvalue weighted by atomic mass is 10.1. The number of benzene rings is 2. The summed E-state index contributed by atoms with van der Waals surface area (Å²) in [4.78, 5) is 17.5. The minimum atomic E-state index is -0.672. The number of hydrogen-bond acceptors (Lipinski definition) is 8. The van der Waals surface area contributed by atoms with Gasteiger partial charge in [0.1, 0.15) is 33.6 Å². The topological polar surface area (TPSA) is 97.6 Å². The highest BCUT2D eigenvalue weighted by molar-refractivity contribution is 8.18. The Bertz CT molecular complexity index is 1100. The number of phenolic OH excluding ortho intramolecular Hbond substituents is 1. The minimum absolute atomic E-state index is 0.0201. The van der Waals surface area contributed by atoms with Gasteiger partial charge in [-0.2, -0.15) is 0 Å². The van der Waals surface area contributed by atoms with E-state index in [0.717, 1.165) is 17.3 Å². The van der Waals surface area contributed by atoms with Crippen LogP contribution in [-0.4, -0.2) is 42.1 Å². The number of rotatable bonds is 6. The van der Waals surface area contributed by atoms with Crippen LogP contribution in [0, 0.1) is 6.92 Å². The third-order valence-corrected chi connectivity index (χ3v) is 5.55. The Morgan fingerprint density at radius 3 is 2.55 bits per heavy atom. The van der Waals surface area contributed by atoms with E-state index in [1.165, 1.54) is 26.4 Å². The average Bonchev–Trinajstić information content (AvgIpc) is 3.05. The number of nitrogens with zero attached hydrogens (tertiary/aromatic N) is 1. The monoisotopic (exact) mass is 441 g/mol. The molecule has 0 unspecified atom stereocenters. The minimum Gasteiger partial charge on any atom is -0.507 e. The third-order valence-electron chi connectivity index (χ3n) is 4.53. The van der Waals surface area contributed by atoms with Gasteiger partial charge in [0.2, 0.25) is 0 Å². The maximum absolute atomic E-state index is 12.6. The van der Waals surface area contributed by atoms with Crippen LogP contribution in [0.4, 0.5) is 5.69 Å². The predicted octanol–water partition coefficient (Wildman–Crippen LogP) is 4.91. The molecular formula is C23H23NO6S. The lowest BCUT2D eigenvalue weighted by Crippen LogP contribution is -2.12. The van der Waals surface area contributed by atoms with Gasteiger partial charge >= 0.3 is 5.97 Å². The molecule has 0 amide bonds. The molecule has 2 aromatic rings. The Morgan fingerprint density at radius 2 is 1.90 bits per heavy atom. The first kappa shape index (κ1) is 22.3. The Labute approximate surface area is 184 Å². The van der Waals surface area contributed by atoms with Crippen molar-refractivity contribution in [3.63, 3.8) is 0 Å². The van der Waals surface area contributed by atoms with Crippen LogP contribution in [0.15, 0.2) is 57.6 Å². The second-order valence-corrected chi connectivity index (χ2v) is 7.55. The molecule has 0 radical (unpaired) electrons. The van der Waals surface area contributed by atoms with Gasteiger partial charge in [0.05, 0.1) is 37.0 Å². The molecule has 0 bridgehead atoms. The van der Waals surface area contributed by atoms with Crippen LogP contribution < -0.4 is 9.47 Å². The smallest absolute Gasteiger partial charge is 0.344 e. The summed E-state index contributed by atoms with van der Waals surface area (Å²) >= 11 is 1.11. The summed E-state index contributed by atoms with van der Waals surface area (Å²) < 4.78 is 15.6. The van der Waals surface area contributed by atoms with Gasteiger partial charge in [0, 0.05) is 12.1 Å². The molecule has 2 N–H and O–H groups in total. The molecule has 31 heavy (non-hydrogen) atoms. The van der Waals surface area contributed by atoms with Gasteiger partial charge in [-0.25, -0.2) is 9.79 Å². The normalized spacial score (nSPS) is 16.1. The number of esters is 1. The van der Waals surface area contributed by atoms with E-state index in [4.69, 9.17) is 14.2 Å². The number of aliphatic hydroxyl groups excluding tert-OH is 1. The summed E-state index contributed by atoms with van der Waals surface area (Å²) in [6.45, 7) is 3.75. The molecule has 1 aliphatic rings. The van der Waals surface area contributed by atoms with Crippen LogP contribution in [0.3, 0.4) is 0 Å². The second kappa shape index (κ2) is 9.61. The Balaban J connectivity index is 2.13. The molecule has 1 heterocycles. The summed E-state index contributed by atoms with van der Waals surface area (Å²) in [7, 11) is 2.94. The first-order chi connectivity index (χ1) is 14.9. The van der Waals surface area contributed by atoms with Crippen molar-refractivity contribution in [1.82, 2.24) is 0 Å². The molecule has 0 saturated heterocycles. The van der Waals surface area contributed by atoms with Crippen molar-refractivity contribution in [3.8, 4) is 17.2 Å². The Hall–Kier alpha value is -3.39. The maximum Gasteiger partial charge on any atom is 0.344 e. The van der Waals surface area contributed by atoms with Crippen LogP contribution in [0.2, 0.25) is 0 Å². The summed E-state index contributed by atoms with van der Waals surface area (Å²) in [5.74, 6) is -0.273. The van der Waals surface area contributed by atoms with Gasteiger partial charge in [0.25, 0.3) is 0 Å². The lowest BCUT2D eigenvalue weighted by molar-refractivity contribution is -0.138. The fraction of sp³-hybridized carbons (Fsp3) is 0.217. The van der Waals surface area contributed by atoms with Crippen LogP contribution >= 0.6 is 11.8 Å². The SMILES string of the molecule is CCOC(=O)C1=C(O)/C(=C\c2c(O)cc(OC)cc2OC)SC1=Nc1ccccc1C. The van der Waals surface area contributed by atoms with Crippen LogP contribution in [-0.2, 0) is 9.53 Å². The molecule has 1 aliphatic heterocycles. The number of para-hydroxylation sites is 1. The fourth-order valence-corrected chi connectivity index (χ4v) is 3.95. The Morgan fingerprint density at radius 1 is 1.16 bits per heavy atom. The summed E-state index contributed by atoms with van der Waals surface area (Å²) in [5, 5.41) is 21.6. The first-order valence-corrected chi connectivity index (χ1v) is 10.3. The summed E-state index contributed by atoms with van der Waals surface area (Å²) in [6.07, 6.45) is 1.53. The van der Waals surface area contributed by atoms with Gasteiger partial charge in [0.15, 0.2) is 0 Å². The number of aliphatic hydroxyl groups is 1. The van der Waals surface area contributed by atoms with E-state index in [9.17, 15) is 15.0 Å². The number of aryl methyl sites for hydroxylation is 1. The van der Waals surface area contributed by atoms with Crippen LogP contribution in [0.1, 0.15) is 18.1 Å². The third kappa shape index (κ3) is 4.69. The van der Waals surface area contributed by atoms with E-state index in [1.807, 2.05) is 31.2 Å². The van der Waals surface area contributed by atoms with Crippen LogP contribution in [0.5, 0.6) is 17.2 Å². The summed E-state index contributed by atoms with van der Waals surface area (Å²) in [6, 6.07) is 10.5. The van der Waals surface area contributed by atoms with E-state index in [0.29, 0.717) is 32.7 Å². The quantitative estimate of drug-likeness (QED) is 0.615. The van der Waals surface area contributed by atoms with E-state index >= 15 is 0 Å². The highest BCUT2D eigenvalue weighted by Gasteiger charge is 2.33. The standard InChI is InChI=1S/C23H23NO6S/c1-5-30-23(27)20-21(26)19(31-22(20)24-16-9-7-6-8-13(16)2)12-15-17(25)10-14(28-3)11-18(15)29-4/h6-12,25-26H,5H2,1-4H3/b19-12+,24-22?. The molecule has 0 aliphatic carbocycles. The molecule has 8 heteroatoms. The molecule has 0 fully saturated rings. The van der Waals surface area contributed by atoms with Gasteiger partial charge in [-0.1, -0.05) is 30.0 Å². The molecular weight excluding hydrogens is 418 g/mol. The number of hydrogen-bond donors (Lipinski definition) is 2. The molecule has 2 aromatic carbocycles. The molecule has 3 rings (SSSR count). The molecule has 0 atom stereocenters. The first-order valence-electron chi connectivity index (χ1n) is 9.49. The van der Waals surface area contributed by atoms with Crippen molar-refractivity contribution in [2.24, 2.45) is 4.99 Å².